The molecule has 0 bridgehead atoms. The lowest BCUT2D eigenvalue weighted by molar-refractivity contribution is -0.131. The molecule has 2 aromatic rings. The maximum Gasteiger partial charge on any atom is 0.267 e. The van der Waals surface area contributed by atoms with Crippen LogP contribution in [0.15, 0.2) is 36.5 Å². The van der Waals surface area contributed by atoms with Crippen molar-refractivity contribution in [3.05, 3.63) is 53.3 Å². The highest BCUT2D eigenvalue weighted by Gasteiger charge is 2.16. The first-order chi connectivity index (χ1) is 12.0. The Bertz CT molecular complexity index is 798. The van der Waals surface area contributed by atoms with Crippen molar-refractivity contribution >= 4 is 11.8 Å². The predicted molar refractivity (Wildman–Crippen MR) is 96.1 cm³/mol. The second-order valence-corrected chi connectivity index (χ2v) is 6.26. The number of carbonyl (C=O) groups is 2. The molecule has 0 unspecified atom stereocenters. The van der Waals surface area contributed by atoms with E-state index in [1.165, 1.54) is 0 Å². The number of pyridine rings is 1. The van der Waals surface area contributed by atoms with Gasteiger partial charge in [0, 0.05) is 37.9 Å². The van der Waals surface area contributed by atoms with Crippen molar-refractivity contribution in [2.24, 2.45) is 5.73 Å². The van der Waals surface area contributed by atoms with Crippen molar-refractivity contribution in [1.82, 2.24) is 15.2 Å². The van der Waals surface area contributed by atoms with Crippen molar-refractivity contribution in [1.29, 1.82) is 0 Å². The zero-order chi connectivity index (χ0) is 17.8. The normalized spacial score (nSPS) is 14.4. The fourth-order valence-corrected chi connectivity index (χ4v) is 3.05. The van der Waals surface area contributed by atoms with Crippen molar-refractivity contribution < 1.29 is 9.59 Å². The minimum atomic E-state index is -0.528. The molecule has 0 saturated carbocycles. The number of primary amides is 1. The number of nitrogens with zero attached hydrogens (tertiary/aromatic N) is 2. The number of hydrogen-bond donors (Lipinski definition) is 2. The van der Waals surface area contributed by atoms with Crippen LogP contribution in [0.4, 0.5) is 0 Å². The van der Waals surface area contributed by atoms with Gasteiger partial charge in [-0.25, -0.2) is 0 Å². The number of rotatable bonds is 4. The Morgan fingerprint density at radius 2 is 1.96 bits per heavy atom. The predicted octanol–water partition coefficient (Wildman–Crippen LogP) is 1.13. The van der Waals surface area contributed by atoms with Crippen molar-refractivity contribution in [2.75, 3.05) is 26.2 Å². The molecule has 1 aliphatic rings. The number of nitrogens with one attached hydrogen (secondary N) is 1. The fraction of sp³-hybridized carbons (Fsp3) is 0.316. The highest BCUT2D eigenvalue weighted by molar-refractivity contribution is 5.92. The fourth-order valence-electron chi connectivity index (χ4n) is 3.05. The standard InChI is InChI=1S/C19H22N4O2/c1-13-9-16(12-22-18(13)19(20)25)15-4-2-3-14(10-15)11-17(24)23-7-5-21-6-8-23/h2-4,9-10,12,21H,5-8,11H2,1H3,(H2,20,25). The minimum Gasteiger partial charge on any atom is -0.364 e. The molecular weight excluding hydrogens is 316 g/mol. The first-order valence-corrected chi connectivity index (χ1v) is 8.39. The van der Waals surface area contributed by atoms with Crippen molar-refractivity contribution in [2.45, 2.75) is 13.3 Å². The highest BCUT2D eigenvalue weighted by atomic mass is 16.2. The number of benzene rings is 1. The van der Waals surface area contributed by atoms with Gasteiger partial charge in [0.25, 0.3) is 5.91 Å². The van der Waals surface area contributed by atoms with Gasteiger partial charge in [0.1, 0.15) is 5.69 Å². The van der Waals surface area contributed by atoms with Gasteiger partial charge in [-0.3, -0.25) is 14.6 Å². The lowest BCUT2D eigenvalue weighted by Crippen LogP contribution is -2.46. The Balaban J connectivity index is 1.78. The molecule has 2 heterocycles. The van der Waals surface area contributed by atoms with E-state index < -0.39 is 5.91 Å². The highest BCUT2D eigenvalue weighted by Crippen LogP contribution is 2.22. The molecule has 6 heteroatoms. The van der Waals surface area contributed by atoms with Crippen LogP contribution in [0, 0.1) is 6.92 Å². The van der Waals surface area contributed by atoms with E-state index in [1.54, 1.807) is 6.20 Å². The molecule has 0 radical (unpaired) electrons. The van der Waals surface area contributed by atoms with Crippen molar-refractivity contribution in [3.63, 3.8) is 0 Å². The first-order valence-electron chi connectivity index (χ1n) is 8.39. The minimum absolute atomic E-state index is 0.150. The van der Waals surface area contributed by atoms with E-state index in [4.69, 9.17) is 5.73 Å². The number of nitrogens with two attached hydrogens (primary N) is 1. The van der Waals surface area contributed by atoms with E-state index in [0.29, 0.717) is 6.42 Å². The molecule has 1 fully saturated rings. The number of hydrogen-bond acceptors (Lipinski definition) is 4. The van der Waals surface area contributed by atoms with Gasteiger partial charge in [-0.1, -0.05) is 24.3 Å². The van der Waals surface area contributed by atoms with Gasteiger partial charge < -0.3 is 16.0 Å². The second-order valence-electron chi connectivity index (χ2n) is 6.26. The lowest BCUT2D eigenvalue weighted by Gasteiger charge is -2.27. The summed E-state index contributed by atoms with van der Waals surface area (Å²) in [7, 11) is 0. The quantitative estimate of drug-likeness (QED) is 0.875. The summed E-state index contributed by atoms with van der Waals surface area (Å²) in [6.07, 6.45) is 2.03. The summed E-state index contributed by atoms with van der Waals surface area (Å²) in [5.41, 5.74) is 9.18. The molecule has 0 spiro atoms. The van der Waals surface area contributed by atoms with Gasteiger partial charge in [0.2, 0.25) is 5.91 Å². The third-order valence-corrected chi connectivity index (χ3v) is 4.40. The Kier molecular flexibility index (Phi) is 5.09. The van der Waals surface area contributed by atoms with E-state index in [1.807, 2.05) is 42.2 Å². The van der Waals surface area contributed by atoms with Crippen LogP contribution in [0.2, 0.25) is 0 Å². The zero-order valence-corrected chi connectivity index (χ0v) is 14.3. The monoisotopic (exact) mass is 338 g/mol. The van der Waals surface area contributed by atoms with Crippen LogP contribution < -0.4 is 11.1 Å². The van der Waals surface area contributed by atoms with E-state index >= 15 is 0 Å². The maximum atomic E-state index is 12.4. The van der Waals surface area contributed by atoms with Crippen LogP contribution in [0.1, 0.15) is 21.6 Å². The largest absolute Gasteiger partial charge is 0.364 e. The number of carbonyl (C=O) groups excluding carboxylic acids is 2. The lowest BCUT2D eigenvalue weighted by atomic mass is 10.0. The van der Waals surface area contributed by atoms with E-state index in [9.17, 15) is 9.59 Å². The third kappa shape index (κ3) is 4.03. The molecule has 1 aliphatic heterocycles. The molecule has 6 nitrogen and oxygen atoms in total. The topological polar surface area (TPSA) is 88.3 Å². The summed E-state index contributed by atoms with van der Waals surface area (Å²) < 4.78 is 0. The number of piperazine rings is 1. The molecule has 3 N–H and O–H groups in total. The summed E-state index contributed by atoms with van der Waals surface area (Å²) in [5, 5.41) is 3.25. The summed E-state index contributed by atoms with van der Waals surface area (Å²) in [6, 6.07) is 9.76. The number of aryl methyl sites for hydroxylation is 1. The molecule has 0 atom stereocenters. The summed E-state index contributed by atoms with van der Waals surface area (Å²) in [4.78, 5) is 29.8. The second kappa shape index (κ2) is 7.44. The Morgan fingerprint density at radius 1 is 1.20 bits per heavy atom. The number of amides is 2. The summed E-state index contributed by atoms with van der Waals surface area (Å²) >= 11 is 0. The van der Waals surface area contributed by atoms with Crippen molar-refractivity contribution in [3.8, 4) is 11.1 Å². The number of aromatic nitrogens is 1. The van der Waals surface area contributed by atoms with Crippen LogP contribution in [0.3, 0.4) is 0 Å². The molecule has 2 amide bonds. The van der Waals surface area contributed by atoms with Crippen LogP contribution in [0.5, 0.6) is 0 Å². The zero-order valence-electron chi connectivity index (χ0n) is 14.3. The van der Waals surface area contributed by atoms with Gasteiger partial charge >= 0.3 is 0 Å². The van der Waals surface area contributed by atoms with Crippen LogP contribution >= 0.6 is 0 Å². The summed E-state index contributed by atoms with van der Waals surface area (Å²) in [6.45, 7) is 5.03. The summed E-state index contributed by atoms with van der Waals surface area (Å²) in [5.74, 6) is -0.378. The van der Waals surface area contributed by atoms with Crippen LogP contribution in [-0.4, -0.2) is 47.9 Å². The average molecular weight is 338 g/mol. The van der Waals surface area contributed by atoms with Gasteiger partial charge in [0.05, 0.1) is 6.42 Å². The molecular formula is C19H22N4O2. The molecule has 1 aromatic heterocycles. The molecule has 0 aliphatic carbocycles. The SMILES string of the molecule is Cc1cc(-c2cccc(CC(=O)N3CCNCC3)c2)cnc1C(N)=O. The molecule has 130 valence electrons. The first kappa shape index (κ1) is 17.1. The Morgan fingerprint density at radius 3 is 2.64 bits per heavy atom. The van der Waals surface area contributed by atoms with E-state index in [-0.39, 0.29) is 11.6 Å². The maximum absolute atomic E-state index is 12.4. The molecule has 1 aromatic carbocycles. The molecule has 1 saturated heterocycles. The van der Waals surface area contributed by atoms with E-state index in [0.717, 1.165) is 48.4 Å². The van der Waals surface area contributed by atoms with Crippen LogP contribution in [-0.2, 0) is 11.2 Å². The van der Waals surface area contributed by atoms with Crippen LogP contribution in [0.25, 0.3) is 11.1 Å². The van der Waals surface area contributed by atoms with Gasteiger partial charge in [-0.2, -0.15) is 0 Å². The molecule has 3 rings (SSSR count). The van der Waals surface area contributed by atoms with Gasteiger partial charge in [0.15, 0.2) is 0 Å². The average Bonchev–Trinajstić information content (AvgIpc) is 2.62. The van der Waals surface area contributed by atoms with Gasteiger partial charge in [-0.05, 0) is 29.7 Å². The Hall–Kier alpha value is -2.73. The van der Waals surface area contributed by atoms with Gasteiger partial charge in [-0.15, -0.1) is 0 Å². The smallest absolute Gasteiger partial charge is 0.267 e. The third-order valence-electron chi connectivity index (χ3n) is 4.40. The van der Waals surface area contributed by atoms with E-state index in [2.05, 4.69) is 10.3 Å². The Labute approximate surface area is 147 Å². The molecule has 25 heavy (non-hydrogen) atoms.